The maximum absolute atomic E-state index is 10.8. The van der Waals surface area contributed by atoms with Crippen molar-refractivity contribution in [2.45, 2.75) is 33.3 Å². The third-order valence-electron chi connectivity index (χ3n) is 2.61. The van der Waals surface area contributed by atoms with Crippen LogP contribution in [0.25, 0.3) is 0 Å². The summed E-state index contributed by atoms with van der Waals surface area (Å²) in [5.41, 5.74) is 0. The van der Waals surface area contributed by atoms with E-state index >= 15 is 0 Å². The van der Waals surface area contributed by atoms with Gasteiger partial charge in [0.1, 0.15) is 6.10 Å². The lowest BCUT2D eigenvalue weighted by atomic mass is 9.86. The lowest BCUT2D eigenvalue weighted by Gasteiger charge is -2.28. The SMILES string of the molecule is CC(=O)OC[C@@H]1C=C[C@H](OC(C)=O)[C@@H](C)C1. The summed E-state index contributed by atoms with van der Waals surface area (Å²) in [5.74, 6) is -0.0386. The van der Waals surface area contributed by atoms with Crippen LogP contribution in [0.1, 0.15) is 27.2 Å². The van der Waals surface area contributed by atoms with Gasteiger partial charge in [-0.3, -0.25) is 9.59 Å². The van der Waals surface area contributed by atoms with Gasteiger partial charge in [0.05, 0.1) is 6.61 Å². The van der Waals surface area contributed by atoms with Gasteiger partial charge in [-0.1, -0.05) is 13.0 Å². The zero-order valence-electron chi connectivity index (χ0n) is 9.93. The Morgan fingerprint density at radius 3 is 2.44 bits per heavy atom. The smallest absolute Gasteiger partial charge is 0.303 e. The van der Waals surface area contributed by atoms with E-state index in [0.29, 0.717) is 6.61 Å². The van der Waals surface area contributed by atoms with E-state index in [4.69, 9.17) is 9.47 Å². The van der Waals surface area contributed by atoms with Gasteiger partial charge in [0.25, 0.3) is 0 Å². The Morgan fingerprint density at radius 2 is 1.94 bits per heavy atom. The monoisotopic (exact) mass is 226 g/mol. The van der Waals surface area contributed by atoms with Crippen molar-refractivity contribution in [3.63, 3.8) is 0 Å². The third kappa shape index (κ3) is 4.04. The number of esters is 2. The van der Waals surface area contributed by atoms with Gasteiger partial charge in [-0.15, -0.1) is 0 Å². The first-order valence-electron chi connectivity index (χ1n) is 5.48. The minimum Gasteiger partial charge on any atom is -0.465 e. The Morgan fingerprint density at radius 1 is 1.25 bits per heavy atom. The molecule has 0 spiro atoms. The number of carbonyl (C=O) groups is 2. The van der Waals surface area contributed by atoms with Crippen LogP contribution in [-0.2, 0) is 19.1 Å². The average Bonchev–Trinajstić information content (AvgIpc) is 2.18. The summed E-state index contributed by atoms with van der Waals surface area (Å²) in [6.45, 7) is 5.24. The van der Waals surface area contributed by atoms with Gasteiger partial charge in [-0.05, 0) is 18.4 Å². The molecule has 0 saturated carbocycles. The fourth-order valence-corrected chi connectivity index (χ4v) is 1.84. The topological polar surface area (TPSA) is 52.6 Å². The normalized spacial score (nSPS) is 28.6. The summed E-state index contributed by atoms with van der Waals surface area (Å²) >= 11 is 0. The number of carbonyl (C=O) groups excluding carboxylic acids is 2. The van der Waals surface area contributed by atoms with Gasteiger partial charge in [0.15, 0.2) is 0 Å². The van der Waals surface area contributed by atoms with Gasteiger partial charge >= 0.3 is 11.9 Å². The second-order valence-corrected chi connectivity index (χ2v) is 4.23. The van der Waals surface area contributed by atoms with Crippen molar-refractivity contribution >= 4 is 11.9 Å². The van der Waals surface area contributed by atoms with E-state index in [9.17, 15) is 9.59 Å². The Hall–Kier alpha value is -1.32. The van der Waals surface area contributed by atoms with E-state index in [0.717, 1.165) is 6.42 Å². The van der Waals surface area contributed by atoms with Crippen LogP contribution in [0.15, 0.2) is 12.2 Å². The molecule has 0 aromatic rings. The first kappa shape index (κ1) is 12.7. The molecule has 0 radical (unpaired) electrons. The number of hydrogen-bond donors (Lipinski definition) is 0. The number of hydrogen-bond acceptors (Lipinski definition) is 4. The molecule has 90 valence electrons. The maximum atomic E-state index is 10.8. The van der Waals surface area contributed by atoms with Gasteiger partial charge in [-0.2, -0.15) is 0 Å². The minimum absolute atomic E-state index is 0.147. The molecular formula is C12H18O4. The van der Waals surface area contributed by atoms with Crippen molar-refractivity contribution < 1.29 is 19.1 Å². The zero-order valence-corrected chi connectivity index (χ0v) is 9.93. The lowest BCUT2D eigenvalue weighted by molar-refractivity contribution is -0.146. The van der Waals surface area contributed by atoms with Crippen LogP contribution in [0.5, 0.6) is 0 Å². The van der Waals surface area contributed by atoms with Crippen LogP contribution < -0.4 is 0 Å². The minimum atomic E-state index is -0.264. The second kappa shape index (κ2) is 5.68. The van der Waals surface area contributed by atoms with Crippen LogP contribution in [0.2, 0.25) is 0 Å². The van der Waals surface area contributed by atoms with Crippen LogP contribution >= 0.6 is 0 Å². The van der Waals surface area contributed by atoms with Crippen LogP contribution in [-0.4, -0.2) is 24.6 Å². The average molecular weight is 226 g/mol. The van der Waals surface area contributed by atoms with Crippen molar-refractivity contribution in [1.82, 2.24) is 0 Å². The zero-order chi connectivity index (χ0) is 12.1. The molecule has 0 unspecified atom stereocenters. The molecule has 0 aromatic heterocycles. The first-order chi connectivity index (χ1) is 7.49. The molecule has 0 saturated heterocycles. The maximum Gasteiger partial charge on any atom is 0.303 e. The van der Waals surface area contributed by atoms with E-state index in [2.05, 4.69) is 0 Å². The Balaban J connectivity index is 2.45. The summed E-state index contributed by atoms with van der Waals surface area (Å²) in [6.07, 6.45) is 4.55. The number of ether oxygens (including phenoxy) is 2. The molecular weight excluding hydrogens is 208 g/mol. The molecule has 1 aliphatic carbocycles. The lowest BCUT2D eigenvalue weighted by Crippen LogP contribution is -2.29. The summed E-state index contributed by atoms with van der Waals surface area (Å²) in [6, 6.07) is 0. The van der Waals surface area contributed by atoms with Gasteiger partial charge in [0.2, 0.25) is 0 Å². The molecule has 16 heavy (non-hydrogen) atoms. The highest BCUT2D eigenvalue weighted by molar-refractivity contribution is 5.66. The summed E-state index contributed by atoms with van der Waals surface area (Å²) in [7, 11) is 0. The highest BCUT2D eigenvalue weighted by Crippen LogP contribution is 2.25. The highest BCUT2D eigenvalue weighted by atomic mass is 16.5. The third-order valence-corrected chi connectivity index (χ3v) is 2.61. The fraction of sp³-hybridized carbons (Fsp3) is 0.667. The molecule has 0 bridgehead atoms. The molecule has 1 aliphatic rings. The Bertz CT molecular complexity index is 295. The molecule has 0 amide bonds. The Kier molecular flexibility index (Phi) is 4.52. The van der Waals surface area contributed by atoms with Crippen LogP contribution in [0.3, 0.4) is 0 Å². The summed E-state index contributed by atoms with van der Waals surface area (Å²) < 4.78 is 10.1. The molecule has 0 aliphatic heterocycles. The van der Waals surface area contributed by atoms with Gasteiger partial charge in [0, 0.05) is 19.8 Å². The van der Waals surface area contributed by atoms with Crippen molar-refractivity contribution in [3.8, 4) is 0 Å². The van der Waals surface area contributed by atoms with E-state index < -0.39 is 0 Å². The van der Waals surface area contributed by atoms with E-state index in [-0.39, 0.29) is 29.9 Å². The van der Waals surface area contributed by atoms with Crippen LogP contribution in [0.4, 0.5) is 0 Å². The van der Waals surface area contributed by atoms with Crippen molar-refractivity contribution in [1.29, 1.82) is 0 Å². The largest absolute Gasteiger partial charge is 0.465 e. The Labute approximate surface area is 95.6 Å². The molecule has 0 N–H and O–H groups in total. The predicted molar refractivity (Wildman–Crippen MR) is 58.6 cm³/mol. The van der Waals surface area contributed by atoms with Gasteiger partial charge in [-0.25, -0.2) is 0 Å². The van der Waals surface area contributed by atoms with Crippen molar-refractivity contribution in [2.24, 2.45) is 11.8 Å². The molecule has 0 fully saturated rings. The van der Waals surface area contributed by atoms with E-state index in [1.807, 2.05) is 19.1 Å². The van der Waals surface area contributed by atoms with Crippen LogP contribution in [0, 0.1) is 11.8 Å². The standard InChI is InChI=1S/C12H18O4/c1-8-6-11(7-15-9(2)13)4-5-12(8)16-10(3)14/h4-5,8,11-12H,6-7H2,1-3H3/t8-,11+,12-/m0/s1. The van der Waals surface area contributed by atoms with E-state index in [1.54, 1.807) is 0 Å². The number of rotatable bonds is 3. The molecule has 4 heteroatoms. The second-order valence-electron chi connectivity index (χ2n) is 4.23. The summed E-state index contributed by atoms with van der Waals surface area (Å²) in [4.78, 5) is 21.5. The van der Waals surface area contributed by atoms with Crippen molar-refractivity contribution in [3.05, 3.63) is 12.2 Å². The predicted octanol–water partition coefficient (Wildman–Crippen LogP) is 1.69. The first-order valence-corrected chi connectivity index (χ1v) is 5.48. The molecule has 0 heterocycles. The molecule has 4 nitrogen and oxygen atoms in total. The van der Waals surface area contributed by atoms with Gasteiger partial charge < -0.3 is 9.47 Å². The van der Waals surface area contributed by atoms with Crippen molar-refractivity contribution in [2.75, 3.05) is 6.61 Å². The summed E-state index contributed by atoms with van der Waals surface area (Å²) in [5, 5.41) is 0. The molecule has 1 rings (SSSR count). The highest BCUT2D eigenvalue weighted by Gasteiger charge is 2.25. The molecule has 0 aromatic carbocycles. The quantitative estimate of drug-likeness (QED) is 0.543. The van der Waals surface area contributed by atoms with E-state index in [1.165, 1.54) is 13.8 Å². The fourth-order valence-electron chi connectivity index (χ4n) is 1.84. The molecule has 3 atom stereocenters.